The minimum Gasteiger partial charge on any atom is -0.352 e. The van der Waals surface area contributed by atoms with Gasteiger partial charge in [-0.2, -0.15) is 0 Å². The van der Waals surface area contributed by atoms with Gasteiger partial charge in [-0.25, -0.2) is 9.37 Å². The largest absolute Gasteiger partial charge is 0.352 e. The SMILES string of the molecule is C=C(C)Cn1c(CCCCCNC(=O)c2ccccc2F)nc2ccccc21. The van der Waals surface area contributed by atoms with Crippen LogP contribution in [-0.2, 0) is 13.0 Å². The van der Waals surface area contributed by atoms with Crippen molar-refractivity contribution in [3.63, 3.8) is 0 Å². The summed E-state index contributed by atoms with van der Waals surface area (Å²) in [4.78, 5) is 16.8. The molecule has 1 N–H and O–H groups in total. The Morgan fingerprint density at radius 3 is 2.64 bits per heavy atom. The van der Waals surface area contributed by atoms with Crippen molar-refractivity contribution >= 4 is 16.9 Å². The lowest BCUT2D eigenvalue weighted by Crippen LogP contribution is -2.25. The number of para-hydroxylation sites is 2. The first-order valence-electron chi connectivity index (χ1n) is 9.67. The van der Waals surface area contributed by atoms with Crippen molar-refractivity contribution in [2.24, 2.45) is 0 Å². The van der Waals surface area contributed by atoms with Gasteiger partial charge in [0.15, 0.2) is 0 Å². The summed E-state index contributed by atoms with van der Waals surface area (Å²) in [5.74, 6) is 0.220. The number of unbranched alkanes of at least 4 members (excludes halogenated alkanes) is 2. The molecule has 0 fully saturated rings. The molecule has 0 unspecified atom stereocenters. The molecule has 1 aromatic heterocycles. The topological polar surface area (TPSA) is 46.9 Å². The number of fused-ring (bicyclic) bond motifs is 1. The number of nitrogens with one attached hydrogen (secondary N) is 1. The van der Waals surface area contributed by atoms with Gasteiger partial charge in [-0.3, -0.25) is 4.79 Å². The molecule has 1 heterocycles. The molecule has 0 bridgehead atoms. The second-order valence-corrected chi connectivity index (χ2v) is 7.11. The molecule has 0 atom stereocenters. The van der Waals surface area contributed by atoms with Crippen LogP contribution < -0.4 is 5.32 Å². The van der Waals surface area contributed by atoms with Crippen LogP contribution in [0.25, 0.3) is 11.0 Å². The van der Waals surface area contributed by atoms with Crippen LogP contribution in [0, 0.1) is 5.82 Å². The fourth-order valence-corrected chi connectivity index (χ4v) is 3.29. The van der Waals surface area contributed by atoms with Crippen molar-refractivity contribution in [1.29, 1.82) is 0 Å². The van der Waals surface area contributed by atoms with Gasteiger partial charge in [-0.15, -0.1) is 0 Å². The van der Waals surface area contributed by atoms with Gasteiger partial charge in [0.05, 0.1) is 16.6 Å². The fraction of sp³-hybridized carbons (Fsp3) is 0.304. The molecule has 0 saturated carbocycles. The highest BCUT2D eigenvalue weighted by molar-refractivity contribution is 5.94. The molecule has 3 aromatic rings. The second kappa shape index (κ2) is 9.31. The number of nitrogens with zero attached hydrogens (tertiary/aromatic N) is 2. The van der Waals surface area contributed by atoms with E-state index in [0.717, 1.165) is 54.7 Å². The van der Waals surface area contributed by atoms with Crippen LogP contribution in [0.5, 0.6) is 0 Å². The van der Waals surface area contributed by atoms with E-state index in [1.165, 1.54) is 12.1 Å². The number of aryl methyl sites for hydroxylation is 1. The van der Waals surface area contributed by atoms with Crippen molar-refractivity contribution < 1.29 is 9.18 Å². The second-order valence-electron chi connectivity index (χ2n) is 7.11. The number of amides is 1. The summed E-state index contributed by atoms with van der Waals surface area (Å²) in [6.07, 6.45) is 3.67. The van der Waals surface area contributed by atoms with Gasteiger partial charge in [0.1, 0.15) is 11.6 Å². The zero-order valence-electron chi connectivity index (χ0n) is 16.2. The van der Waals surface area contributed by atoms with Crippen molar-refractivity contribution in [3.8, 4) is 0 Å². The maximum Gasteiger partial charge on any atom is 0.254 e. The van der Waals surface area contributed by atoms with Crippen molar-refractivity contribution in [3.05, 3.63) is 77.9 Å². The molecule has 3 rings (SSSR count). The molecule has 4 nitrogen and oxygen atoms in total. The molecule has 0 aliphatic heterocycles. The molecule has 0 aliphatic carbocycles. The maximum atomic E-state index is 13.6. The molecule has 0 spiro atoms. The molecule has 0 radical (unpaired) electrons. The first-order chi connectivity index (χ1) is 13.6. The minimum absolute atomic E-state index is 0.0935. The minimum atomic E-state index is -0.489. The number of halogens is 1. The van der Waals surface area contributed by atoms with Gasteiger partial charge in [0.2, 0.25) is 0 Å². The molecule has 0 aliphatic rings. The van der Waals surface area contributed by atoms with Crippen LogP contribution in [0.2, 0.25) is 0 Å². The number of rotatable bonds is 9. The Morgan fingerprint density at radius 2 is 1.86 bits per heavy atom. The van der Waals surface area contributed by atoms with Crippen LogP contribution in [0.4, 0.5) is 4.39 Å². The number of carbonyl (C=O) groups is 1. The highest BCUT2D eigenvalue weighted by Crippen LogP contribution is 2.19. The quantitative estimate of drug-likeness (QED) is 0.425. The smallest absolute Gasteiger partial charge is 0.254 e. The van der Waals surface area contributed by atoms with Gasteiger partial charge < -0.3 is 9.88 Å². The summed E-state index contributed by atoms with van der Waals surface area (Å²) in [7, 11) is 0. The lowest BCUT2D eigenvalue weighted by molar-refractivity contribution is 0.0949. The molecule has 28 heavy (non-hydrogen) atoms. The first-order valence-corrected chi connectivity index (χ1v) is 9.67. The van der Waals surface area contributed by atoms with E-state index >= 15 is 0 Å². The third kappa shape index (κ3) is 4.85. The van der Waals surface area contributed by atoms with Gasteiger partial charge in [0, 0.05) is 19.5 Å². The first kappa shape index (κ1) is 19.8. The van der Waals surface area contributed by atoms with Crippen molar-refractivity contribution in [2.45, 2.75) is 39.2 Å². The number of benzene rings is 2. The van der Waals surface area contributed by atoms with Crippen molar-refractivity contribution in [2.75, 3.05) is 6.54 Å². The molecular weight excluding hydrogens is 353 g/mol. The maximum absolute atomic E-state index is 13.6. The number of hydrogen-bond donors (Lipinski definition) is 1. The average Bonchev–Trinajstić information content (AvgIpc) is 3.01. The monoisotopic (exact) mass is 379 g/mol. The zero-order valence-corrected chi connectivity index (χ0v) is 16.2. The Balaban J connectivity index is 1.48. The lowest BCUT2D eigenvalue weighted by Gasteiger charge is -2.09. The van der Waals surface area contributed by atoms with Gasteiger partial charge >= 0.3 is 0 Å². The predicted octanol–water partition coefficient (Wildman–Crippen LogP) is 4.89. The average molecular weight is 379 g/mol. The van der Waals surface area contributed by atoms with Gasteiger partial charge in [0.25, 0.3) is 5.91 Å². The summed E-state index contributed by atoms with van der Waals surface area (Å²) in [5, 5.41) is 2.79. The normalized spacial score (nSPS) is 10.9. The van der Waals surface area contributed by atoms with E-state index in [1.807, 2.05) is 25.1 Å². The molecule has 146 valence electrons. The van der Waals surface area contributed by atoms with E-state index in [4.69, 9.17) is 4.98 Å². The number of allylic oxidation sites excluding steroid dienone is 1. The van der Waals surface area contributed by atoms with Crippen LogP contribution in [0.1, 0.15) is 42.4 Å². The van der Waals surface area contributed by atoms with Crippen LogP contribution >= 0.6 is 0 Å². The molecule has 1 amide bonds. The molecule has 5 heteroatoms. The third-order valence-electron chi connectivity index (χ3n) is 4.64. The summed E-state index contributed by atoms with van der Waals surface area (Å²) >= 11 is 0. The Morgan fingerprint density at radius 1 is 1.11 bits per heavy atom. The molecule has 2 aromatic carbocycles. The highest BCUT2D eigenvalue weighted by atomic mass is 19.1. The third-order valence-corrected chi connectivity index (χ3v) is 4.64. The summed E-state index contributed by atoms with van der Waals surface area (Å²) in [6.45, 7) is 7.36. The van der Waals surface area contributed by atoms with Crippen LogP contribution in [-0.4, -0.2) is 22.0 Å². The molecule has 0 saturated heterocycles. The van der Waals surface area contributed by atoms with Gasteiger partial charge in [-0.05, 0) is 44.0 Å². The van der Waals surface area contributed by atoms with Crippen LogP contribution in [0.3, 0.4) is 0 Å². The Kier molecular flexibility index (Phi) is 6.58. The predicted molar refractivity (Wildman–Crippen MR) is 111 cm³/mol. The van der Waals surface area contributed by atoms with E-state index in [9.17, 15) is 9.18 Å². The number of imidazole rings is 1. The van der Waals surface area contributed by atoms with E-state index in [-0.39, 0.29) is 11.5 Å². The summed E-state index contributed by atoms with van der Waals surface area (Å²) < 4.78 is 15.8. The Hall–Kier alpha value is -2.95. The van der Waals surface area contributed by atoms with Crippen molar-refractivity contribution in [1.82, 2.24) is 14.9 Å². The molecular formula is C23H26FN3O. The number of aromatic nitrogens is 2. The standard InChI is InChI=1S/C23H26FN3O/c1-17(2)16-27-21-13-8-7-12-20(21)26-22(27)14-4-3-9-15-25-23(28)18-10-5-6-11-19(18)24/h5-8,10-13H,1,3-4,9,14-16H2,2H3,(H,25,28). The summed E-state index contributed by atoms with van der Waals surface area (Å²) in [5.41, 5.74) is 3.34. The van der Waals surface area contributed by atoms with E-state index in [0.29, 0.717) is 6.54 Å². The van der Waals surface area contributed by atoms with E-state index < -0.39 is 5.82 Å². The van der Waals surface area contributed by atoms with Gasteiger partial charge in [-0.1, -0.05) is 42.8 Å². The van der Waals surface area contributed by atoms with E-state index in [1.54, 1.807) is 12.1 Å². The Labute approximate surface area is 165 Å². The number of hydrogen-bond acceptors (Lipinski definition) is 2. The Bertz CT molecular complexity index is 977. The van der Waals surface area contributed by atoms with Crippen LogP contribution in [0.15, 0.2) is 60.7 Å². The zero-order chi connectivity index (χ0) is 19.9. The lowest BCUT2D eigenvalue weighted by atomic mass is 10.1. The fourth-order valence-electron chi connectivity index (χ4n) is 3.29. The highest BCUT2D eigenvalue weighted by Gasteiger charge is 2.11. The summed E-state index contributed by atoms with van der Waals surface area (Å²) in [6, 6.07) is 14.2. The van der Waals surface area contributed by atoms with E-state index in [2.05, 4.69) is 22.5 Å². The number of carbonyl (C=O) groups excluding carboxylic acids is 1.